The fourth-order valence-corrected chi connectivity index (χ4v) is 4.93. The van der Waals surface area contributed by atoms with Gasteiger partial charge >= 0.3 is 12.1 Å². The van der Waals surface area contributed by atoms with Gasteiger partial charge in [0.25, 0.3) is 0 Å². The standard InChI is InChI=1S/C26H29ClN2O5/c27-24-8-4-19(15-28-24)13-22(30)12-18-1-5-21-16-29(10-9-20(21)11-18)26(33)34-23-6-2-17(3-7-23)14-25(31)32/h1,4-5,8,11,15,17,23H,2-3,6-7,9-10,12-14,16H2,(H,31,32). The number of benzene rings is 1. The van der Waals surface area contributed by atoms with Gasteiger partial charge in [0.15, 0.2) is 0 Å². The van der Waals surface area contributed by atoms with Gasteiger partial charge in [0.1, 0.15) is 17.0 Å². The molecule has 0 unspecified atom stereocenters. The summed E-state index contributed by atoms with van der Waals surface area (Å²) in [5.74, 6) is -0.472. The number of carboxylic acids is 1. The molecule has 1 N–H and O–H groups in total. The smallest absolute Gasteiger partial charge is 0.410 e. The Morgan fingerprint density at radius 3 is 2.47 bits per heavy atom. The molecule has 1 saturated carbocycles. The first-order chi connectivity index (χ1) is 16.4. The number of fused-ring (bicyclic) bond motifs is 1. The van der Waals surface area contributed by atoms with Crippen LogP contribution in [0.1, 0.15) is 54.4 Å². The van der Waals surface area contributed by atoms with Crippen LogP contribution in [0.4, 0.5) is 4.79 Å². The lowest BCUT2D eigenvalue weighted by Gasteiger charge is -2.32. The molecule has 0 atom stereocenters. The third-order valence-electron chi connectivity index (χ3n) is 6.66. The molecule has 1 aliphatic heterocycles. The summed E-state index contributed by atoms with van der Waals surface area (Å²) >= 11 is 5.80. The zero-order chi connectivity index (χ0) is 24.1. The largest absolute Gasteiger partial charge is 0.481 e. The van der Waals surface area contributed by atoms with Crippen LogP contribution in [0.2, 0.25) is 5.15 Å². The first-order valence-electron chi connectivity index (χ1n) is 11.8. The van der Waals surface area contributed by atoms with Crippen LogP contribution in [0.5, 0.6) is 0 Å². The maximum atomic E-state index is 12.7. The summed E-state index contributed by atoms with van der Waals surface area (Å²) in [6.45, 7) is 1.07. The zero-order valence-corrected chi connectivity index (χ0v) is 19.8. The molecule has 2 aromatic rings. The van der Waals surface area contributed by atoms with Crippen molar-refractivity contribution in [3.63, 3.8) is 0 Å². The number of hydrogen-bond acceptors (Lipinski definition) is 5. The van der Waals surface area contributed by atoms with Crippen LogP contribution in [-0.2, 0) is 40.1 Å². The molecule has 0 bridgehead atoms. The van der Waals surface area contributed by atoms with Crippen LogP contribution in [-0.4, -0.2) is 45.5 Å². The number of ether oxygens (including phenoxy) is 1. The quantitative estimate of drug-likeness (QED) is 0.576. The highest BCUT2D eigenvalue weighted by Crippen LogP contribution is 2.29. The normalized spacial score (nSPS) is 19.9. The van der Waals surface area contributed by atoms with E-state index in [2.05, 4.69) is 11.1 Å². The highest BCUT2D eigenvalue weighted by Gasteiger charge is 2.28. The molecule has 1 aliphatic carbocycles. The number of amides is 1. The molecular formula is C26H29ClN2O5. The topological polar surface area (TPSA) is 96.8 Å². The SMILES string of the molecule is O=C(O)CC1CCC(OC(=O)N2CCc3cc(CC(=O)Cc4ccc(Cl)nc4)ccc3C2)CC1. The lowest BCUT2D eigenvalue weighted by molar-refractivity contribution is -0.138. The first kappa shape index (κ1) is 24.2. The van der Waals surface area contributed by atoms with Crippen molar-refractivity contribution in [2.24, 2.45) is 5.92 Å². The molecule has 2 aliphatic rings. The number of aromatic nitrogens is 1. The van der Waals surface area contributed by atoms with Crippen molar-refractivity contribution < 1.29 is 24.2 Å². The summed E-state index contributed by atoms with van der Waals surface area (Å²) in [7, 11) is 0. The minimum absolute atomic E-state index is 0.114. The van der Waals surface area contributed by atoms with E-state index in [1.54, 1.807) is 17.2 Å². The van der Waals surface area contributed by atoms with Crippen molar-refractivity contribution in [1.29, 1.82) is 0 Å². The number of Topliss-reactive ketones (excluding diaryl/α,β-unsaturated/α-hetero) is 1. The van der Waals surface area contributed by atoms with Crippen LogP contribution in [0, 0.1) is 5.92 Å². The van der Waals surface area contributed by atoms with Crippen LogP contribution in [0.15, 0.2) is 36.5 Å². The van der Waals surface area contributed by atoms with Gasteiger partial charge in [0.2, 0.25) is 0 Å². The summed E-state index contributed by atoms with van der Waals surface area (Å²) in [6, 6.07) is 9.52. The van der Waals surface area contributed by atoms with Crippen molar-refractivity contribution in [2.45, 2.75) is 64.0 Å². The van der Waals surface area contributed by atoms with E-state index >= 15 is 0 Å². The predicted octanol–water partition coefficient (Wildman–Crippen LogP) is 4.62. The Labute approximate surface area is 204 Å². The average molecular weight is 485 g/mol. The van der Waals surface area contributed by atoms with Crippen molar-refractivity contribution in [3.8, 4) is 0 Å². The molecule has 0 radical (unpaired) electrons. The van der Waals surface area contributed by atoms with Crippen molar-refractivity contribution in [1.82, 2.24) is 9.88 Å². The molecule has 180 valence electrons. The van der Waals surface area contributed by atoms with Gasteiger partial charge in [-0.05, 0) is 66.3 Å². The van der Waals surface area contributed by atoms with E-state index in [1.165, 1.54) is 0 Å². The van der Waals surface area contributed by atoms with E-state index in [0.29, 0.717) is 31.1 Å². The lowest BCUT2D eigenvalue weighted by Crippen LogP contribution is -2.39. The highest BCUT2D eigenvalue weighted by molar-refractivity contribution is 6.29. The Kier molecular flexibility index (Phi) is 7.83. The van der Waals surface area contributed by atoms with Gasteiger partial charge in [-0.3, -0.25) is 9.59 Å². The molecule has 1 aromatic carbocycles. The fraction of sp³-hybridized carbons (Fsp3) is 0.462. The van der Waals surface area contributed by atoms with Gasteiger partial charge in [-0.15, -0.1) is 0 Å². The van der Waals surface area contributed by atoms with E-state index in [4.69, 9.17) is 21.4 Å². The molecule has 4 rings (SSSR count). The number of halogens is 1. The average Bonchev–Trinajstić information content (AvgIpc) is 2.81. The predicted molar refractivity (Wildman–Crippen MR) is 127 cm³/mol. The lowest BCUT2D eigenvalue weighted by atomic mass is 9.85. The molecule has 1 aromatic heterocycles. The third-order valence-corrected chi connectivity index (χ3v) is 6.88. The number of nitrogens with zero attached hydrogens (tertiary/aromatic N) is 2. The molecule has 7 nitrogen and oxygen atoms in total. The van der Waals surface area contributed by atoms with Crippen LogP contribution in [0.3, 0.4) is 0 Å². The fourth-order valence-electron chi connectivity index (χ4n) is 4.82. The number of rotatable bonds is 7. The van der Waals surface area contributed by atoms with Crippen LogP contribution >= 0.6 is 11.6 Å². The van der Waals surface area contributed by atoms with Crippen molar-refractivity contribution >= 4 is 29.4 Å². The van der Waals surface area contributed by atoms with Crippen molar-refractivity contribution in [3.05, 3.63) is 63.9 Å². The van der Waals surface area contributed by atoms with E-state index in [-0.39, 0.29) is 30.3 Å². The molecule has 1 fully saturated rings. The molecular weight excluding hydrogens is 456 g/mol. The number of ketones is 1. The van der Waals surface area contributed by atoms with E-state index in [1.807, 2.05) is 18.2 Å². The summed E-state index contributed by atoms with van der Waals surface area (Å²) in [6.07, 6.45) is 5.77. The number of hydrogen-bond donors (Lipinski definition) is 1. The second-order valence-electron chi connectivity index (χ2n) is 9.28. The Balaban J connectivity index is 1.27. The monoisotopic (exact) mass is 484 g/mol. The van der Waals surface area contributed by atoms with E-state index in [9.17, 15) is 14.4 Å². The molecule has 2 heterocycles. The summed E-state index contributed by atoms with van der Waals surface area (Å²) in [5.41, 5.74) is 4.06. The number of pyridine rings is 1. The number of carboxylic acid groups (broad SMARTS) is 1. The number of carbonyl (C=O) groups is 3. The maximum Gasteiger partial charge on any atom is 0.410 e. The maximum absolute atomic E-state index is 12.7. The molecule has 1 amide bonds. The van der Waals surface area contributed by atoms with Gasteiger partial charge in [0, 0.05) is 38.5 Å². The minimum Gasteiger partial charge on any atom is -0.481 e. The molecule has 0 saturated heterocycles. The zero-order valence-electron chi connectivity index (χ0n) is 19.0. The Morgan fingerprint density at radius 2 is 1.76 bits per heavy atom. The Morgan fingerprint density at radius 1 is 1.03 bits per heavy atom. The highest BCUT2D eigenvalue weighted by atomic mass is 35.5. The second-order valence-corrected chi connectivity index (χ2v) is 9.67. The van der Waals surface area contributed by atoms with E-state index < -0.39 is 5.97 Å². The Hall–Kier alpha value is -2.93. The van der Waals surface area contributed by atoms with Gasteiger partial charge in [-0.25, -0.2) is 9.78 Å². The van der Waals surface area contributed by atoms with Gasteiger partial charge in [-0.1, -0.05) is 35.9 Å². The third kappa shape index (κ3) is 6.56. The number of carbonyl (C=O) groups excluding carboxylic acids is 2. The summed E-state index contributed by atoms with van der Waals surface area (Å²) in [5, 5.41) is 9.35. The summed E-state index contributed by atoms with van der Waals surface area (Å²) in [4.78, 5) is 41.8. The van der Waals surface area contributed by atoms with Gasteiger partial charge < -0.3 is 14.7 Å². The molecule has 34 heavy (non-hydrogen) atoms. The van der Waals surface area contributed by atoms with Crippen LogP contribution < -0.4 is 0 Å². The number of aliphatic carboxylic acids is 1. The first-order valence-corrected chi connectivity index (χ1v) is 12.1. The Bertz CT molecular complexity index is 1050. The second kappa shape index (κ2) is 11.0. The summed E-state index contributed by atoms with van der Waals surface area (Å²) < 4.78 is 5.72. The van der Waals surface area contributed by atoms with Gasteiger partial charge in [-0.2, -0.15) is 0 Å². The van der Waals surface area contributed by atoms with E-state index in [0.717, 1.165) is 54.4 Å². The van der Waals surface area contributed by atoms with Gasteiger partial charge in [0.05, 0.1) is 0 Å². The minimum atomic E-state index is -0.765. The molecule has 0 spiro atoms. The molecule has 8 heteroatoms. The van der Waals surface area contributed by atoms with Crippen molar-refractivity contribution in [2.75, 3.05) is 6.54 Å². The van der Waals surface area contributed by atoms with Crippen LogP contribution in [0.25, 0.3) is 0 Å².